The van der Waals surface area contributed by atoms with E-state index >= 15 is 0 Å². The molecule has 2 aromatic carbocycles. The van der Waals surface area contributed by atoms with Crippen molar-refractivity contribution in [2.24, 2.45) is 0 Å². The maximum atomic E-state index is 12.6. The molecule has 0 saturated heterocycles. The van der Waals surface area contributed by atoms with E-state index in [1.165, 1.54) is 11.6 Å². The zero-order valence-electron chi connectivity index (χ0n) is 18.0. The highest BCUT2D eigenvalue weighted by Gasteiger charge is 2.16. The molecule has 0 aliphatic carbocycles. The Morgan fingerprint density at radius 3 is 2.21 bits per heavy atom. The first-order valence-corrected chi connectivity index (χ1v) is 9.87. The molecule has 0 fully saturated rings. The zero-order chi connectivity index (χ0) is 21.3. The summed E-state index contributed by atoms with van der Waals surface area (Å²) in [4.78, 5) is 25.6. The van der Waals surface area contributed by atoms with Gasteiger partial charge in [-0.2, -0.15) is 0 Å². The Kier molecular flexibility index (Phi) is 5.89. The van der Waals surface area contributed by atoms with Crippen LogP contribution in [0.25, 0.3) is 11.0 Å². The highest BCUT2D eigenvalue weighted by Crippen LogP contribution is 2.22. The molecular formula is C24H29N2O3+. The van der Waals surface area contributed by atoms with Crippen LogP contribution in [0, 0.1) is 34.6 Å². The molecule has 0 bridgehead atoms. The molecule has 0 aliphatic heterocycles. The largest absolute Gasteiger partial charge is 0.423 e. The minimum Gasteiger partial charge on any atom is -0.423 e. The number of carbonyl (C=O) groups is 1. The van der Waals surface area contributed by atoms with E-state index in [1.807, 2.05) is 47.7 Å². The van der Waals surface area contributed by atoms with Crippen molar-refractivity contribution < 1.29 is 14.1 Å². The number of hydrogen-bond acceptors (Lipinski definition) is 3. The lowest BCUT2D eigenvalue weighted by molar-refractivity contribution is -0.885. The number of carbonyl (C=O) groups excluding carboxylic acids is 1. The highest BCUT2D eigenvalue weighted by atomic mass is 16.4. The molecule has 2 N–H and O–H groups in total. The Balaban J connectivity index is 1.77. The van der Waals surface area contributed by atoms with Crippen molar-refractivity contribution >= 4 is 22.6 Å². The van der Waals surface area contributed by atoms with Crippen molar-refractivity contribution in [3.8, 4) is 0 Å². The fraction of sp³-hybridized carbons (Fsp3) is 0.333. The van der Waals surface area contributed by atoms with Gasteiger partial charge in [-0.3, -0.25) is 4.79 Å². The first-order chi connectivity index (χ1) is 13.6. The Labute approximate surface area is 171 Å². The first kappa shape index (κ1) is 20.8. The van der Waals surface area contributed by atoms with E-state index in [9.17, 15) is 9.59 Å². The number of quaternary nitrogens is 1. The second kappa shape index (κ2) is 8.21. The molecule has 1 amide bonds. The minimum absolute atomic E-state index is 0.0446. The van der Waals surface area contributed by atoms with Crippen molar-refractivity contribution in [1.29, 1.82) is 0 Å². The predicted molar refractivity (Wildman–Crippen MR) is 117 cm³/mol. The molecule has 152 valence electrons. The van der Waals surface area contributed by atoms with Crippen LogP contribution in [0.1, 0.15) is 33.4 Å². The summed E-state index contributed by atoms with van der Waals surface area (Å²) in [6.45, 7) is 11.0. The third kappa shape index (κ3) is 4.74. The lowest BCUT2D eigenvalue weighted by Crippen LogP contribution is -3.08. The lowest BCUT2D eigenvalue weighted by Gasteiger charge is -2.17. The maximum absolute atomic E-state index is 12.6. The fourth-order valence-electron chi connectivity index (χ4n) is 3.85. The molecule has 29 heavy (non-hydrogen) atoms. The summed E-state index contributed by atoms with van der Waals surface area (Å²) in [6, 6.07) is 9.63. The van der Waals surface area contributed by atoms with Gasteiger partial charge in [-0.25, -0.2) is 4.79 Å². The smallest absolute Gasteiger partial charge is 0.336 e. The Morgan fingerprint density at radius 2 is 1.55 bits per heavy atom. The van der Waals surface area contributed by atoms with Gasteiger partial charge in [0.1, 0.15) is 12.1 Å². The number of hydrogen-bond donors (Lipinski definition) is 2. The van der Waals surface area contributed by atoms with Crippen molar-refractivity contribution in [2.75, 3.05) is 18.9 Å². The van der Waals surface area contributed by atoms with Crippen LogP contribution in [0.2, 0.25) is 0 Å². The molecule has 0 aliphatic rings. The van der Waals surface area contributed by atoms with Gasteiger partial charge in [-0.15, -0.1) is 0 Å². The van der Waals surface area contributed by atoms with Crippen LogP contribution in [0.3, 0.4) is 0 Å². The number of fused-ring (bicyclic) bond motifs is 1. The average Bonchev–Trinajstić information content (AvgIpc) is 2.59. The third-order valence-electron chi connectivity index (χ3n) is 5.34. The standard InChI is InChI=1S/C24H28N2O3/c1-14-7-17(4)24(18(5)8-14)25-22(27)13-26(6)12-19-11-23(28)29-21-10-16(3)15(2)9-20(19)21/h7-11H,12-13H2,1-6H3,(H,25,27)/p+1. The van der Waals surface area contributed by atoms with E-state index < -0.39 is 0 Å². The summed E-state index contributed by atoms with van der Waals surface area (Å²) >= 11 is 0. The number of aryl methyl sites for hydroxylation is 5. The van der Waals surface area contributed by atoms with Gasteiger partial charge in [0.05, 0.1) is 7.05 Å². The quantitative estimate of drug-likeness (QED) is 0.655. The maximum Gasteiger partial charge on any atom is 0.336 e. The van der Waals surface area contributed by atoms with Crippen LogP contribution in [0.15, 0.2) is 39.5 Å². The van der Waals surface area contributed by atoms with Crippen LogP contribution in [-0.2, 0) is 11.3 Å². The number of likely N-dealkylation sites (N-methyl/N-ethyl adjacent to an activating group) is 1. The van der Waals surface area contributed by atoms with Gasteiger partial charge in [-0.05, 0) is 69.0 Å². The van der Waals surface area contributed by atoms with E-state index in [0.29, 0.717) is 18.7 Å². The number of anilines is 1. The highest BCUT2D eigenvalue weighted by molar-refractivity contribution is 5.93. The molecule has 0 spiro atoms. The van der Waals surface area contributed by atoms with Gasteiger partial charge in [0.25, 0.3) is 5.91 Å². The SMILES string of the molecule is Cc1cc(C)c(NC(=O)C[NH+](C)Cc2cc(=O)oc3cc(C)c(C)cc23)c(C)c1. The Hall–Kier alpha value is -2.92. The molecule has 3 rings (SSSR count). The van der Waals surface area contributed by atoms with E-state index in [4.69, 9.17) is 4.42 Å². The molecule has 5 nitrogen and oxygen atoms in total. The zero-order valence-corrected chi connectivity index (χ0v) is 18.0. The van der Waals surface area contributed by atoms with Gasteiger partial charge in [0.2, 0.25) is 0 Å². The summed E-state index contributed by atoms with van der Waals surface area (Å²) in [7, 11) is 1.95. The molecule has 1 aromatic heterocycles. The topological polar surface area (TPSA) is 63.8 Å². The molecule has 1 heterocycles. The summed E-state index contributed by atoms with van der Waals surface area (Å²) in [5, 5.41) is 3.98. The summed E-state index contributed by atoms with van der Waals surface area (Å²) in [6.07, 6.45) is 0. The van der Waals surface area contributed by atoms with Crippen molar-refractivity contribution in [1.82, 2.24) is 0 Å². The van der Waals surface area contributed by atoms with Gasteiger partial charge in [0, 0.05) is 22.7 Å². The van der Waals surface area contributed by atoms with E-state index in [0.717, 1.165) is 43.8 Å². The predicted octanol–water partition coefficient (Wildman–Crippen LogP) is 2.99. The summed E-state index contributed by atoms with van der Waals surface area (Å²) < 4.78 is 5.37. The molecular weight excluding hydrogens is 364 g/mol. The number of benzene rings is 2. The summed E-state index contributed by atoms with van der Waals surface area (Å²) in [5.41, 5.74) is 7.54. The van der Waals surface area contributed by atoms with Gasteiger partial charge >= 0.3 is 5.63 Å². The third-order valence-corrected chi connectivity index (χ3v) is 5.34. The average molecular weight is 394 g/mol. The van der Waals surface area contributed by atoms with Crippen molar-refractivity contribution in [3.63, 3.8) is 0 Å². The summed E-state index contributed by atoms with van der Waals surface area (Å²) in [5.74, 6) is -0.0446. The van der Waals surface area contributed by atoms with Crippen molar-refractivity contribution in [2.45, 2.75) is 41.2 Å². The monoisotopic (exact) mass is 393 g/mol. The van der Waals surface area contributed by atoms with Crippen LogP contribution >= 0.6 is 0 Å². The fourth-order valence-corrected chi connectivity index (χ4v) is 3.85. The van der Waals surface area contributed by atoms with Gasteiger partial charge < -0.3 is 14.6 Å². The van der Waals surface area contributed by atoms with Gasteiger partial charge in [0.15, 0.2) is 6.54 Å². The second-order valence-corrected chi connectivity index (χ2v) is 8.16. The van der Waals surface area contributed by atoms with Crippen LogP contribution < -0.4 is 15.8 Å². The van der Waals surface area contributed by atoms with Gasteiger partial charge in [-0.1, -0.05) is 17.7 Å². The van der Waals surface area contributed by atoms with Crippen LogP contribution in [0.5, 0.6) is 0 Å². The molecule has 1 atom stereocenters. The minimum atomic E-state index is -0.362. The lowest BCUT2D eigenvalue weighted by atomic mass is 10.0. The molecule has 0 radical (unpaired) electrons. The first-order valence-electron chi connectivity index (χ1n) is 9.87. The molecule has 5 heteroatoms. The van der Waals surface area contributed by atoms with Crippen molar-refractivity contribution in [3.05, 3.63) is 74.1 Å². The molecule has 0 saturated carbocycles. The van der Waals surface area contributed by atoms with Crippen LogP contribution in [-0.4, -0.2) is 19.5 Å². The van der Waals surface area contributed by atoms with E-state index in [1.54, 1.807) is 0 Å². The Bertz CT molecular complexity index is 1120. The number of nitrogens with one attached hydrogen (secondary N) is 2. The van der Waals surface area contributed by atoms with E-state index in [2.05, 4.69) is 23.5 Å². The molecule has 3 aromatic rings. The number of amides is 1. The normalized spacial score (nSPS) is 12.2. The van der Waals surface area contributed by atoms with E-state index in [-0.39, 0.29) is 11.5 Å². The van der Waals surface area contributed by atoms with Crippen LogP contribution in [0.4, 0.5) is 5.69 Å². The Morgan fingerprint density at radius 1 is 0.931 bits per heavy atom. The number of rotatable bonds is 5. The second-order valence-electron chi connectivity index (χ2n) is 8.16. The molecule has 1 unspecified atom stereocenters.